The number of nitrogens with one attached hydrogen (secondary N) is 1. The first kappa shape index (κ1) is 12.0. The molecule has 1 aliphatic heterocycles. The highest BCUT2D eigenvalue weighted by Crippen LogP contribution is 2.24. The highest BCUT2D eigenvalue weighted by Gasteiger charge is 2.17. The number of rotatable bonds is 2. The molecule has 4 heteroatoms. The van der Waals surface area contributed by atoms with Gasteiger partial charge in [0.1, 0.15) is 11.3 Å². The molecule has 0 saturated carbocycles. The average molecular weight is 264 g/mol. The van der Waals surface area contributed by atoms with Crippen LogP contribution in [0, 0.1) is 0 Å². The Kier molecular flexibility index (Phi) is 3.27. The summed E-state index contributed by atoms with van der Waals surface area (Å²) >= 11 is 6.19. The van der Waals surface area contributed by atoms with Gasteiger partial charge in [-0.2, -0.15) is 0 Å². The van der Waals surface area contributed by atoms with Crippen LogP contribution in [0.4, 0.5) is 0 Å². The maximum Gasteiger partial charge on any atom is 0.111 e. The molecule has 1 unspecified atom stereocenters. The predicted octanol–water partition coefficient (Wildman–Crippen LogP) is 2.91. The van der Waals surface area contributed by atoms with Crippen LogP contribution < -0.4 is 5.32 Å². The Bertz CT molecular complexity index is 555. The van der Waals surface area contributed by atoms with Gasteiger partial charge in [0.05, 0.1) is 10.5 Å². The topological polar surface area (TPSA) is 29.9 Å². The molecule has 96 valence electrons. The molecule has 1 N–H and O–H groups in total. The van der Waals surface area contributed by atoms with E-state index in [2.05, 4.69) is 23.0 Å². The summed E-state index contributed by atoms with van der Waals surface area (Å²) in [5.74, 6) is 1.12. The van der Waals surface area contributed by atoms with E-state index in [9.17, 15) is 0 Å². The van der Waals surface area contributed by atoms with Crippen LogP contribution in [0.2, 0.25) is 5.02 Å². The van der Waals surface area contributed by atoms with Crippen molar-refractivity contribution >= 4 is 22.6 Å². The predicted molar refractivity (Wildman–Crippen MR) is 75.1 cm³/mol. The van der Waals surface area contributed by atoms with E-state index in [1.54, 1.807) is 0 Å². The van der Waals surface area contributed by atoms with E-state index in [0.29, 0.717) is 6.04 Å². The minimum absolute atomic E-state index is 0.563. The van der Waals surface area contributed by atoms with Crippen molar-refractivity contribution < 1.29 is 0 Å². The molecule has 1 aromatic carbocycles. The number of imidazole rings is 1. The van der Waals surface area contributed by atoms with Gasteiger partial charge in [-0.3, -0.25) is 0 Å². The van der Waals surface area contributed by atoms with Crippen LogP contribution >= 0.6 is 11.6 Å². The summed E-state index contributed by atoms with van der Waals surface area (Å²) in [6.45, 7) is 1.13. The summed E-state index contributed by atoms with van der Waals surface area (Å²) in [7, 11) is 2.07. The van der Waals surface area contributed by atoms with Crippen molar-refractivity contribution in [3.63, 3.8) is 0 Å². The van der Waals surface area contributed by atoms with E-state index in [0.717, 1.165) is 34.8 Å². The zero-order chi connectivity index (χ0) is 12.5. The largest absolute Gasteiger partial charge is 0.331 e. The summed E-state index contributed by atoms with van der Waals surface area (Å²) in [6.07, 6.45) is 4.85. The summed E-state index contributed by atoms with van der Waals surface area (Å²) in [5, 5.41) is 4.31. The van der Waals surface area contributed by atoms with Gasteiger partial charge >= 0.3 is 0 Å². The second kappa shape index (κ2) is 4.90. The number of aromatic nitrogens is 2. The Balaban J connectivity index is 1.92. The minimum Gasteiger partial charge on any atom is -0.331 e. The van der Waals surface area contributed by atoms with Crippen molar-refractivity contribution in [1.82, 2.24) is 14.9 Å². The Morgan fingerprint density at radius 3 is 3.06 bits per heavy atom. The fraction of sp³-hybridized carbons (Fsp3) is 0.500. The van der Waals surface area contributed by atoms with Gasteiger partial charge in [0.2, 0.25) is 0 Å². The standard InChI is InChI=1S/C14H18ClN3/c1-18-12-7-4-6-11(15)14(12)17-13(18)9-10-5-2-3-8-16-10/h4,6-7,10,16H,2-3,5,8-9H2,1H3. The summed E-state index contributed by atoms with van der Waals surface area (Å²) in [6, 6.07) is 6.52. The SMILES string of the molecule is Cn1c(CC2CCCCN2)nc2c(Cl)cccc21. The molecular weight excluding hydrogens is 246 g/mol. The smallest absolute Gasteiger partial charge is 0.111 e. The highest BCUT2D eigenvalue weighted by molar-refractivity contribution is 6.34. The maximum atomic E-state index is 6.19. The van der Waals surface area contributed by atoms with Gasteiger partial charge in [0.15, 0.2) is 0 Å². The van der Waals surface area contributed by atoms with Crippen LogP contribution in [-0.2, 0) is 13.5 Å². The van der Waals surface area contributed by atoms with Crippen LogP contribution in [0.1, 0.15) is 25.1 Å². The fourth-order valence-corrected chi connectivity index (χ4v) is 2.94. The molecule has 0 radical (unpaired) electrons. The molecule has 0 spiro atoms. The Morgan fingerprint density at radius 1 is 1.44 bits per heavy atom. The molecular formula is C14H18ClN3. The molecule has 0 aliphatic carbocycles. The first-order valence-electron chi connectivity index (χ1n) is 6.59. The summed E-state index contributed by atoms with van der Waals surface area (Å²) in [4.78, 5) is 4.70. The van der Waals surface area contributed by atoms with Crippen LogP contribution in [0.15, 0.2) is 18.2 Å². The van der Waals surface area contributed by atoms with Crippen LogP contribution in [0.25, 0.3) is 11.0 Å². The van der Waals surface area contributed by atoms with Gasteiger partial charge in [-0.25, -0.2) is 4.98 Å². The molecule has 2 heterocycles. The lowest BCUT2D eigenvalue weighted by Gasteiger charge is -2.22. The van der Waals surface area contributed by atoms with E-state index in [1.807, 2.05) is 12.1 Å². The van der Waals surface area contributed by atoms with Gasteiger partial charge in [-0.15, -0.1) is 0 Å². The van der Waals surface area contributed by atoms with E-state index in [4.69, 9.17) is 16.6 Å². The zero-order valence-electron chi connectivity index (χ0n) is 10.6. The second-order valence-electron chi connectivity index (χ2n) is 5.05. The number of benzene rings is 1. The maximum absolute atomic E-state index is 6.19. The molecule has 1 aliphatic rings. The first-order chi connectivity index (χ1) is 8.75. The third-order valence-corrected chi connectivity index (χ3v) is 4.10. The number of piperidine rings is 1. The number of hydrogen-bond donors (Lipinski definition) is 1. The molecule has 1 aromatic heterocycles. The monoisotopic (exact) mass is 263 g/mol. The number of hydrogen-bond acceptors (Lipinski definition) is 2. The van der Waals surface area contributed by atoms with E-state index in [-0.39, 0.29) is 0 Å². The number of fused-ring (bicyclic) bond motifs is 1. The van der Waals surface area contributed by atoms with Crippen molar-refractivity contribution in [1.29, 1.82) is 0 Å². The summed E-state index contributed by atoms with van der Waals surface area (Å²) in [5.41, 5.74) is 2.04. The third-order valence-electron chi connectivity index (χ3n) is 3.80. The molecule has 1 saturated heterocycles. The molecule has 2 aromatic rings. The van der Waals surface area contributed by atoms with Crippen LogP contribution in [0.5, 0.6) is 0 Å². The zero-order valence-corrected chi connectivity index (χ0v) is 11.4. The molecule has 18 heavy (non-hydrogen) atoms. The Labute approximate surface area is 112 Å². The molecule has 1 fully saturated rings. The Morgan fingerprint density at radius 2 is 2.33 bits per heavy atom. The van der Waals surface area contributed by atoms with Crippen LogP contribution in [-0.4, -0.2) is 22.1 Å². The molecule has 3 rings (SSSR count). The highest BCUT2D eigenvalue weighted by atomic mass is 35.5. The lowest BCUT2D eigenvalue weighted by atomic mass is 10.0. The third kappa shape index (κ3) is 2.13. The van der Waals surface area contributed by atoms with Crippen molar-refractivity contribution in [3.8, 4) is 0 Å². The number of para-hydroxylation sites is 1. The van der Waals surface area contributed by atoms with Crippen LogP contribution in [0.3, 0.4) is 0 Å². The van der Waals surface area contributed by atoms with Gasteiger partial charge in [-0.1, -0.05) is 24.1 Å². The van der Waals surface area contributed by atoms with Crippen molar-refractivity contribution in [2.45, 2.75) is 31.7 Å². The molecule has 3 nitrogen and oxygen atoms in total. The number of halogens is 1. The van der Waals surface area contributed by atoms with Gasteiger partial charge in [0, 0.05) is 19.5 Å². The normalized spacial score (nSPS) is 20.4. The quantitative estimate of drug-likeness (QED) is 0.903. The lowest BCUT2D eigenvalue weighted by Crippen LogP contribution is -2.36. The van der Waals surface area contributed by atoms with E-state index >= 15 is 0 Å². The van der Waals surface area contributed by atoms with Gasteiger partial charge < -0.3 is 9.88 Å². The molecule has 0 bridgehead atoms. The van der Waals surface area contributed by atoms with Crippen molar-refractivity contribution in [2.75, 3.05) is 6.54 Å². The van der Waals surface area contributed by atoms with Crippen molar-refractivity contribution in [3.05, 3.63) is 29.0 Å². The van der Waals surface area contributed by atoms with Gasteiger partial charge in [-0.05, 0) is 31.5 Å². The molecule has 0 amide bonds. The minimum atomic E-state index is 0.563. The Hall–Kier alpha value is -1.06. The second-order valence-corrected chi connectivity index (χ2v) is 5.45. The van der Waals surface area contributed by atoms with E-state index in [1.165, 1.54) is 19.3 Å². The average Bonchev–Trinajstić information content (AvgIpc) is 2.70. The van der Waals surface area contributed by atoms with Crippen molar-refractivity contribution in [2.24, 2.45) is 7.05 Å². The lowest BCUT2D eigenvalue weighted by molar-refractivity contribution is 0.392. The van der Waals surface area contributed by atoms with E-state index < -0.39 is 0 Å². The fourth-order valence-electron chi connectivity index (χ4n) is 2.73. The summed E-state index contributed by atoms with van der Waals surface area (Å²) < 4.78 is 2.16. The number of nitrogens with zero attached hydrogens (tertiary/aromatic N) is 2. The molecule has 1 atom stereocenters. The van der Waals surface area contributed by atoms with Gasteiger partial charge in [0.25, 0.3) is 0 Å². The first-order valence-corrected chi connectivity index (χ1v) is 6.96. The number of aryl methyl sites for hydroxylation is 1.